The Labute approximate surface area is 169 Å². The SMILES string of the molecule is CCC(Nc1c(Nc2cccc(C(=O)N(C)C)c2O)c(=O)c1=O)[C@H]1CCC(C)O1. The molecule has 1 heterocycles. The topological polar surface area (TPSA) is 108 Å². The van der Waals surface area contributed by atoms with Crippen molar-refractivity contribution in [3.8, 4) is 5.75 Å². The van der Waals surface area contributed by atoms with Crippen molar-refractivity contribution in [2.75, 3.05) is 24.7 Å². The molecule has 156 valence electrons. The van der Waals surface area contributed by atoms with Gasteiger partial charge < -0.3 is 25.4 Å². The molecule has 0 radical (unpaired) electrons. The summed E-state index contributed by atoms with van der Waals surface area (Å²) in [7, 11) is 3.16. The van der Waals surface area contributed by atoms with E-state index in [1.165, 1.54) is 11.0 Å². The number of rotatable bonds is 7. The van der Waals surface area contributed by atoms with E-state index in [1.807, 2.05) is 13.8 Å². The van der Waals surface area contributed by atoms with Gasteiger partial charge in [-0.2, -0.15) is 0 Å². The minimum absolute atomic E-state index is 0.0262. The molecule has 0 aromatic heterocycles. The van der Waals surface area contributed by atoms with Crippen molar-refractivity contribution in [2.45, 2.75) is 51.4 Å². The maximum atomic E-state index is 12.2. The molecule has 0 aliphatic carbocycles. The van der Waals surface area contributed by atoms with E-state index in [-0.39, 0.29) is 52.5 Å². The summed E-state index contributed by atoms with van der Waals surface area (Å²) in [5.41, 5.74) is -0.693. The Morgan fingerprint density at radius 1 is 1.24 bits per heavy atom. The van der Waals surface area contributed by atoms with Gasteiger partial charge in [0.15, 0.2) is 5.75 Å². The van der Waals surface area contributed by atoms with Crippen molar-refractivity contribution in [2.24, 2.45) is 0 Å². The maximum absolute atomic E-state index is 12.2. The van der Waals surface area contributed by atoms with Crippen LogP contribution in [0.4, 0.5) is 17.1 Å². The molecule has 3 atom stereocenters. The monoisotopic (exact) mass is 401 g/mol. The van der Waals surface area contributed by atoms with E-state index in [0.717, 1.165) is 19.3 Å². The third kappa shape index (κ3) is 3.98. The van der Waals surface area contributed by atoms with Crippen LogP contribution in [0.1, 0.15) is 43.5 Å². The molecule has 1 fully saturated rings. The van der Waals surface area contributed by atoms with Gasteiger partial charge in [0.2, 0.25) is 0 Å². The van der Waals surface area contributed by atoms with E-state index in [9.17, 15) is 19.5 Å². The maximum Gasteiger partial charge on any atom is 0.257 e. The molecular weight excluding hydrogens is 374 g/mol. The Kier molecular flexibility index (Phi) is 5.93. The number of ether oxygens (including phenoxy) is 1. The second-order valence-corrected chi connectivity index (χ2v) is 7.66. The molecular formula is C21H27N3O5. The first-order valence-electron chi connectivity index (χ1n) is 9.80. The number of hydrogen-bond acceptors (Lipinski definition) is 7. The number of benzene rings is 1. The molecule has 0 bridgehead atoms. The van der Waals surface area contributed by atoms with Crippen LogP contribution in [0, 0.1) is 0 Å². The molecule has 1 saturated heterocycles. The van der Waals surface area contributed by atoms with Crippen molar-refractivity contribution in [1.29, 1.82) is 0 Å². The summed E-state index contributed by atoms with van der Waals surface area (Å²) >= 11 is 0. The van der Waals surface area contributed by atoms with Crippen LogP contribution in [0.2, 0.25) is 0 Å². The number of hydrogen-bond donors (Lipinski definition) is 3. The highest BCUT2D eigenvalue weighted by molar-refractivity contribution is 5.99. The fraction of sp³-hybridized carbons (Fsp3) is 0.476. The van der Waals surface area contributed by atoms with E-state index >= 15 is 0 Å². The van der Waals surface area contributed by atoms with Gasteiger partial charge >= 0.3 is 0 Å². The van der Waals surface area contributed by atoms with Gasteiger partial charge in [-0.1, -0.05) is 13.0 Å². The lowest BCUT2D eigenvalue weighted by Gasteiger charge is -2.26. The van der Waals surface area contributed by atoms with Crippen LogP contribution in [-0.4, -0.2) is 48.3 Å². The van der Waals surface area contributed by atoms with Crippen LogP contribution in [0.15, 0.2) is 27.8 Å². The Morgan fingerprint density at radius 2 is 1.93 bits per heavy atom. The lowest BCUT2D eigenvalue weighted by atomic mass is 10.0. The molecule has 1 amide bonds. The predicted molar refractivity (Wildman–Crippen MR) is 112 cm³/mol. The molecule has 1 aliphatic rings. The van der Waals surface area contributed by atoms with E-state index in [4.69, 9.17) is 4.74 Å². The Hall–Kier alpha value is -2.87. The normalized spacial score (nSPS) is 19.9. The average molecular weight is 401 g/mol. The molecule has 2 aromatic rings. The fourth-order valence-electron chi connectivity index (χ4n) is 3.61. The zero-order chi connectivity index (χ0) is 21.3. The van der Waals surface area contributed by atoms with Crippen molar-refractivity contribution in [1.82, 2.24) is 4.90 Å². The number of carbonyl (C=O) groups is 1. The summed E-state index contributed by atoms with van der Waals surface area (Å²) in [4.78, 5) is 37.9. The van der Waals surface area contributed by atoms with E-state index in [0.29, 0.717) is 0 Å². The van der Waals surface area contributed by atoms with Gasteiger partial charge in [-0.05, 0) is 38.3 Å². The van der Waals surface area contributed by atoms with Crippen molar-refractivity contribution < 1.29 is 14.6 Å². The van der Waals surface area contributed by atoms with Crippen LogP contribution < -0.4 is 21.5 Å². The third-order valence-electron chi connectivity index (χ3n) is 5.33. The first-order chi connectivity index (χ1) is 13.7. The highest BCUT2D eigenvalue weighted by Crippen LogP contribution is 2.33. The first-order valence-corrected chi connectivity index (χ1v) is 9.80. The molecule has 3 rings (SSSR count). The third-order valence-corrected chi connectivity index (χ3v) is 5.33. The number of anilines is 3. The largest absolute Gasteiger partial charge is 0.505 e. The number of aromatic hydroxyl groups is 1. The second kappa shape index (κ2) is 8.24. The molecule has 8 heteroatoms. The number of nitrogens with zero attached hydrogens (tertiary/aromatic N) is 1. The second-order valence-electron chi connectivity index (χ2n) is 7.66. The predicted octanol–water partition coefficient (Wildman–Crippen LogP) is 2.19. The van der Waals surface area contributed by atoms with Gasteiger partial charge in [0.05, 0.1) is 29.5 Å². The Balaban J connectivity index is 1.84. The summed E-state index contributed by atoms with van der Waals surface area (Å²) < 4.78 is 5.90. The van der Waals surface area contributed by atoms with Crippen LogP contribution in [0.3, 0.4) is 0 Å². The number of carbonyl (C=O) groups excluding carboxylic acids is 1. The van der Waals surface area contributed by atoms with Crippen LogP contribution >= 0.6 is 0 Å². The van der Waals surface area contributed by atoms with Crippen LogP contribution in [-0.2, 0) is 4.74 Å². The number of para-hydroxylation sites is 1. The summed E-state index contributed by atoms with van der Waals surface area (Å²) in [5, 5.41) is 16.5. The van der Waals surface area contributed by atoms with E-state index in [1.54, 1.807) is 26.2 Å². The Morgan fingerprint density at radius 3 is 2.52 bits per heavy atom. The standard InChI is InChI=1S/C21H27N3O5/c1-5-13(15-10-9-11(2)29-15)22-16-17(20(27)19(16)26)23-14-8-6-7-12(18(14)25)21(28)24(3)4/h6-8,11,13,15,22-23,25H,5,9-10H2,1-4H3/t11?,13?,15-/m1/s1. The van der Waals surface area contributed by atoms with Gasteiger partial charge in [-0.15, -0.1) is 0 Å². The minimum Gasteiger partial charge on any atom is -0.505 e. The van der Waals surface area contributed by atoms with Gasteiger partial charge in [0.1, 0.15) is 11.4 Å². The lowest BCUT2D eigenvalue weighted by Crippen LogP contribution is -2.42. The van der Waals surface area contributed by atoms with E-state index in [2.05, 4.69) is 10.6 Å². The number of amides is 1. The molecule has 0 spiro atoms. The van der Waals surface area contributed by atoms with Gasteiger partial charge in [0, 0.05) is 14.1 Å². The molecule has 29 heavy (non-hydrogen) atoms. The molecule has 2 aromatic carbocycles. The summed E-state index contributed by atoms with van der Waals surface area (Å²) in [6, 6.07) is 4.54. The van der Waals surface area contributed by atoms with Gasteiger partial charge in [-0.25, -0.2) is 0 Å². The molecule has 0 saturated carbocycles. The van der Waals surface area contributed by atoms with Gasteiger partial charge in [-0.3, -0.25) is 14.4 Å². The highest BCUT2D eigenvalue weighted by atomic mass is 16.5. The molecule has 2 unspecified atom stereocenters. The molecule has 8 nitrogen and oxygen atoms in total. The number of nitrogens with one attached hydrogen (secondary N) is 2. The van der Waals surface area contributed by atoms with E-state index < -0.39 is 10.9 Å². The van der Waals surface area contributed by atoms with Crippen molar-refractivity contribution in [3.05, 3.63) is 44.2 Å². The summed E-state index contributed by atoms with van der Waals surface area (Å²) in [6.45, 7) is 4.01. The summed E-state index contributed by atoms with van der Waals surface area (Å²) in [5.74, 6) is -0.641. The van der Waals surface area contributed by atoms with Crippen LogP contribution in [0.5, 0.6) is 5.75 Å². The fourth-order valence-corrected chi connectivity index (χ4v) is 3.61. The number of phenolic OH excluding ortho intramolecular Hbond substituents is 1. The van der Waals surface area contributed by atoms with Crippen molar-refractivity contribution in [3.63, 3.8) is 0 Å². The summed E-state index contributed by atoms with van der Waals surface area (Å²) in [6.07, 6.45) is 2.73. The highest BCUT2D eigenvalue weighted by Gasteiger charge is 2.32. The Bertz CT molecular complexity index is 977. The quantitative estimate of drug-likeness (QED) is 0.482. The van der Waals surface area contributed by atoms with Crippen molar-refractivity contribution >= 4 is 23.0 Å². The minimum atomic E-state index is -0.660. The average Bonchev–Trinajstić information content (AvgIpc) is 3.13. The zero-order valence-electron chi connectivity index (χ0n) is 17.1. The smallest absolute Gasteiger partial charge is 0.257 e. The zero-order valence-corrected chi connectivity index (χ0v) is 17.1. The number of phenols is 1. The molecule has 3 N–H and O–H groups in total. The van der Waals surface area contributed by atoms with Crippen LogP contribution in [0.25, 0.3) is 0 Å². The molecule has 1 aliphatic heterocycles. The first kappa shape index (κ1) is 20.9. The van der Waals surface area contributed by atoms with Gasteiger partial charge in [0.25, 0.3) is 16.8 Å². The lowest BCUT2D eigenvalue weighted by molar-refractivity contribution is 0.0438.